The molecule has 2 rings (SSSR count). The molecule has 0 bridgehead atoms. The molecule has 0 spiro atoms. The number of ether oxygens (including phenoxy) is 1. The number of methoxy groups -OCH3 is 1. The first-order valence-corrected chi connectivity index (χ1v) is 6.23. The Morgan fingerprint density at radius 1 is 1.59 bits per heavy atom. The highest BCUT2D eigenvalue weighted by Crippen LogP contribution is 2.18. The summed E-state index contributed by atoms with van der Waals surface area (Å²) in [5, 5.41) is 3.56. The highest BCUT2D eigenvalue weighted by molar-refractivity contribution is 5.05. The monoisotopic (exact) mass is 238 g/mol. The molecular weight excluding hydrogens is 216 g/mol. The predicted molar refractivity (Wildman–Crippen MR) is 66.9 cm³/mol. The maximum absolute atomic E-state index is 5.29. The first-order valence-electron chi connectivity index (χ1n) is 6.23. The second-order valence-electron chi connectivity index (χ2n) is 4.84. The number of likely N-dealkylation sites (N-methyl/N-ethyl adjacent to an activating group) is 1. The van der Waals surface area contributed by atoms with Crippen LogP contribution in [0.3, 0.4) is 0 Å². The summed E-state index contributed by atoms with van der Waals surface area (Å²) in [6.45, 7) is 2.65. The minimum Gasteiger partial charge on any atom is -0.472 e. The first kappa shape index (κ1) is 12.6. The lowest BCUT2D eigenvalue weighted by Crippen LogP contribution is -2.43. The zero-order valence-corrected chi connectivity index (χ0v) is 10.7. The van der Waals surface area contributed by atoms with Gasteiger partial charge in [0.15, 0.2) is 0 Å². The molecular formula is C13H22N2O2. The van der Waals surface area contributed by atoms with Gasteiger partial charge in [-0.1, -0.05) is 0 Å². The molecule has 1 aromatic rings. The quantitative estimate of drug-likeness (QED) is 0.744. The molecule has 4 heteroatoms. The molecule has 1 aliphatic carbocycles. The van der Waals surface area contributed by atoms with Gasteiger partial charge in [0, 0.05) is 37.8 Å². The van der Waals surface area contributed by atoms with Crippen LogP contribution in [0.2, 0.25) is 0 Å². The average molecular weight is 238 g/mol. The normalized spacial score (nSPS) is 17.6. The van der Waals surface area contributed by atoms with Crippen molar-refractivity contribution in [1.82, 2.24) is 10.2 Å². The van der Waals surface area contributed by atoms with Crippen LogP contribution in [-0.2, 0) is 11.3 Å². The van der Waals surface area contributed by atoms with E-state index < -0.39 is 0 Å². The van der Waals surface area contributed by atoms with Gasteiger partial charge >= 0.3 is 0 Å². The van der Waals surface area contributed by atoms with Crippen LogP contribution in [0, 0.1) is 0 Å². The number of nitrogens with zero attached hydrogens (tertiary/aromatic N) is 1. The van der Waals surface area contributed by atoms with Crippen LogP contribution in [0.25, 0.3) is 0 Å². The van der Waals surface area contributed by atoms with Crippen molar-refractivity contribution in [2.75, 3.05) is 27.3 Å². The van der Waals surface area contributed by atoms with Crippen LogP contribution in [0.15, 0.2) is 23.0 Å². The molecule has 1 aromatic heterocycles. The van der Waals surface area contributed by atoms with Gasteiger partial charge in [-0.3, -0.25) is 4.90 Å². The summed E-state index contributed by atoms with van der Waals surface area (Å²) in [4.78, 5) is 2.31. The van der Waals surface area contributed by atoms with E-state index in [1.807, 2.05) is 6.07 Å². The third-order valence-electron chi connectivity index (χ3n) is 3.21. The van der Waals surface area contributed by atoms with E-state index in [0.29, 0.717) is 6.04 Å². The SMILES string of the molecule is COCC(CNC1CC1)N(C)Cc1ccoc1. The molecule has 1 atom stereocenters. The molecule has 0 aliphatic heterocycles. The zero-order valence-electron chi connectivity index (χ0n) is 10.7. The van der Waals surface area contributed by atoms with E-state index >= 15 is 0 Å². The number of furan rings is 1. The van der Waals surface area contributed by atoms with Gasteiger partial charge in [0.25, 0.3) is 0 Å². The van der Waals surface area contributed by atoms with Gasteiger partial charge in [-0.15, -0.1) is 0 Å². The zero-order chi connectivity index (χ0) is 12.1. The second-order valence-corrected chi connectivity index (χ2v) is 4.84. The van der Waals surface area contributed by atoms with Crippen molar-refractivity contribution >= 4 is 0 Å². The van der Waals surface area contributed by atoms with Crippen molar-refractivity contribution in [1.29, 1.82) is 0 Å². The van der Waals surface area contributed by atoms with Crippen molar-refractivity contribution in [3.8, 4) is 0 Å². The van der Waals surface area contributed by atoms with E-state index in [0.717, 1.165) is 25.7 Å². The molecule has 1 fully saturated rings. The number of hydrogen-bond acceptors (Lipinski definition) is 4. The van der Waals surface area contributed by atoms with E-state index in [-0.39, 0.29) is 0 Å². The van der Waals surface area contributed by atoms with Gasteiger partial charge in [0.1, 0.15) is 0 Å². The van der Waals surface area contributed by atoms with Crippen LogP contribution in [0.5, 0.6) is 0 Å². The lowest BCUT2D eigenvalue weighted by atomic mass is 10.2. The minimum absolute atomic E-state index is 0.412. The second kappa shape index (κ2) is 6.19. The summed E-state index contributed by atoms with van der Waals surface area (Å²) < 4.78 is 10.4. The van der Waals surface area contributed by atoms with E-state index in [1.54, 1.807) is 19.6 Å². The van der Waals surface area contributed by atoms with E-state index in [1.165, 1.54) is 18.4 Å². The Hall–Kier alpha value is -0.840. The van der Waals surface area contributed by atoms with E-state index in [9.17, 15) is 0 Å². The molecule has 0 amide bonds. The van der Waals surface area contributed by atoms with Gasteiger partial charge in [-0.25, -0.2) is 0 Å². The van der Waals surface area contributed by atoms with Crippen molar-refractivity contribution in [2.45, 2.75) is 31.5 Å². The van der Waals surface area contributed by atoms with Gasteiger partial charge in [0.05, 0.1) is 19.1 Å². The van der Waals surface area contributed by atoms with Crippen LogP contribution in [0.4, 0.5) is 0 Å². The molecule has 1 heterocycles. The molecule has 1 N–H and O–H groups in total. The molecule has 0 saturated heterocycles. The minimum atomic E-state index is 0.412. The number of nitrogens with one attached hydrogen (secondary N) is 1. The number of hydrogen-bond donors (Lipinski definition) is 1. The fourth-order valence-electron chi connectivity index (χ4n) is 1.92. The van der Waals surface area contributed by atoms with Gasteiger partial charge < -0.3 is 14.5 Å². The van der Waals surface area contributed by atoms with E-state index in [2.05, 4.69) is 17.3 Å². The predicted octanol–water partition coefficient (Wildman–Crippen LogP) is 1.48. The third-order valence-corrected chi connectivity index (χ3v) is 3.21. The topological polar surface area (TPSA) is 37.6 Å². The summed E-state index contributed by atoms with van der Waals surface area (Å²) in [7, 11) is 3.89. The standard InChI is InChI=1S/C13H22N2O2/c1-15(8-11-5-6-17-9-11)13(10-16-2)7-14-12-3-4-12/h5-6,9,12-14H,3-4,7-8,10H2,1-2H3. The Labute approximate surface area is 103 Å². The molecule has 17 heavy (non-hydrogen) atoms. The molecule has 96 valence electrons. The van der Waals surface area contributed by atoms with Crippen molar-refractivity contribution in [2.24, 2.45) is 0 Å². The summed E-state index contributed by atoms with van der Waals surface area (Å²) in [5.41, 5.74) is 1.21. The maximum atomic E-state index is 5.29. The summed E-state index contributed by atoms with van der Waals surface area (Å²) in [5.74, 6) is 0. The van der Waals surface area contributed by atoms with Crippen LogP contribution < -0.4 is 5.32 Å². The maximum Gasteiger partial charge on any atom is 0.0947 e. The van der Waals surface area contributed by atoms with Crippen molar-refractivity contribution in [3.63, 3.8) is 0 Å². The molecule has 0 radical (unpaired) electrons. The Morgan fingerprint density at radius 3 is 3.00 bits per heavy atom. The lowest BCUT2D eigenvalue weighted by molar-refractivity contribution is 0.101. The first-order chi connectivity index (χ1) is 8.29. The fourth-order valence-corrected chi connectivity index (χ4v) is 1.92. The van der Waals surface area contributed by atoms with E-state index in [4.69, 9.17) is 9.15 Å². The summed E-state index contributed by atoms with van der Waals surface area (Å²) in [6, 6.07) is 3.17. The lowest BCUT2D eigenvalue weighted by Gasteiger charge is -2.27. The molecule has 4 nitrogen and oxygen atoms in total. The molecule has 1 saturated carbocycles. The average Bonchev–Trinajstić information content (AvgIpc) is 3.01. The Kier molecular flexibility index (Phi) is 4.59. The summed E-state index contributed by atoms with van der Waals surface area (Å²) in [6.07, 6.45) is 6.17. The highest BCUT2D eigenvalue weighted by atomic mass is 16.5. The third kappa shape index (κ3) is 4.15. The van der Waals surface area contributed by atoms with Crippen LogP contribution >= 0.6 is 0 Å². The molecule has 1 unspecified atom stereocenters. The molecule has 0 aromatic carbocycles. The van der Waals surface area contributed by atoms with Gasteiger partial charge in [-0.2, -0.15) is 0 Å². The Morgan fingerprint density at radius 2 is 2.41 bits per heavy atom. The summed E-state index contributed by atoms with van der Waals surface area (Å²) >= 11 is 0. The largest absolute Gasteiger partial charge is 0.472 e. The smallest absolute Gasteiger partial charge is 0.0947 e. The van der Waals surface area contributed by atoms with Crippen molar-refractivity contribution in [3.05, 3.63) is 24.2 Å². The Balaban J connectivity index is 1.79. The fraction of sp³-hybridized carbons (Fsp3) is 0.692. The van der Waals surface area contributed by atoms with Crippen LogP contribution in [0.1, 0.15) is 18.4 Å². The number of rotatable bonds is 8. The van der Waals surface area contributed by atoms with Gasteiger partial charge in [0.2, 0.25) is 0 Å². The molecule has 1 aliphatic rings. The van der Waals surface area contributed by atoms with Gasteiger partial charge in [-0.05, 0) is 26.0 Å². The van der Waals surface area contributed by atoms with Crippen LogP contribution in [-0.4, -0.2) is 44.3 Å². The Bertz CT molecular complexity index is 309. The highest BCUT2D eigenvalue weighted by Gasteiger charge is 2.23. The van der Waals surface area contributed by atoms with Crippen molar-refractivity contribution < 1.29 is 9.15 Å².